The summed E-state index contributed by atoms with van der Waals surface area (Å²) in [5.74, 6) is 2.86. The number of nitrogens with one attached hydrogen (secondary N) is 1. The molecule has 0 amide bonds. The number of unbranched alkanes of at least 4 members (excludes halogenated alkanes) is 2. The Morgan fingerprint density at radius 2 is 1.79 bits per heavy atom. The molecular weight excluding hydrogens is 490 g/mol. The zero-order chi connectivity index (χ0) is 27.0. The number of aromatic nitrogens is 7. The molecule has 1 fully saturated rings. The topological polar surface area (TPSA) is 122 Å². The lowest BCUT2D eigenvalue weighted by atomic mass is 9.79. The molecule has 204 valence electrons. The van der Waals surface area contributed by atoms with E-state index in [4.69, 9.17) is 15.2 Å². The van der Waals surface area contributed by atoms with Crippen LogP contribution in [-0.4, -0.2) is 46.5 Å². The fraction of sp³-hybridized carbons (Fsp3) is 0.467. The number of carbonyl (C=O) groups is 1. The fourth-order valence-corrected chi connectivity index (χ4v) is 5.67. The van der Waals surface area contributed by atoms with Crippen LogP contribution in [0.3, 0.4) is 0 Å². The fourth-order valence-electron chi connectivity index (χ4n) is 5.67. The number of rotatable bonds is 12. The number of carboxylic acid groups (broad SMARTS) is 1. The molecule has 0 atom stereocenters. The molecule has 5 rings (SSSR count). The number of carboxylic acids is 1. The Balaban J connectivity index is 1.32. The SMILES string of the molecule is CCCCCc1nc(C2CCC(CCC(=O)O)CC2)n(Cc2ccc(-c3ccccc3-c3nnn[nH]3)cc2)n1. The third-order valence-corrected chi connectivity index (χ3v) is 7.85. The maximum atomic E-state index is 11.0. The summed E-state index contributed by atoms with van der Waals surface area (Å²) < 4.78 is 2.12. The number of nitrogens with zero attached hydrogens (tertiary/aromatic N) is 6. The summed E-state index contributed by atoms with van der Waals surface area (Å²) in [7, 11) is 0. The van der Waals surface area contributed by atoms with E-state index in [0.717, 1.165) is 73.3 Å². The highest BCUT2D eigenvalue weighted by Gasteiger charge is 2.27. The Morgan fingerprint density at radius 1 is 1.03 bits per heavy atom. The Morgan fingerprint density at radius 3 is 2.49 bits per heavy atom. The lowest BCUT2D eigenvalue weighted by Gasteiger charge is -2.27. The summed E-state index contributed by atoms with van der Waals surface area (Å²) in [6, 6.07) is 16.7. The van der Waals surface area contributed by atoms with Gasteiger partial charge in [0, 0.05) is 24.3 Å². The van der Waals surface area contributed by atoms with Gasteiger partial charge in [0.1, 0.15) is 5.82 Å². The highest BCUT2D eigenvalue weighted by Crippen LogP contribution is 2.37. The number of aliphatic carboxylic acids is 1. The van der Waals surface area contributed by atoms with E-state index in [9.17, 15) is 4.79 Å². The molecule has 0 radical (unpaired) electrons. The van der Waals surface area contributed by atoms with Crippen molar-refractivity contribution >= 4 is 5.97 Å². The largest absolute Gasteiger partial charge is 0.481 e. The van der Waals surface area contributed by atoms with Crippen molar-refractivity contribution in [1.29, 1.82) is 0 Å². The minimum Gasteiger partial charge on any atom is -0.481 e. The first-order valence-corrected chi connectivity index (χ1v) is 14.2. The van der Waals surface area contributed by atoms with Crippen LogP contribution in [0.15, 0.2) is 48.5 Å². The molecule has 4 aromatic rings. The van der Waals surface area contributed by atoms with Crippen molar-refractivity contribution in [2.75, 3.05) is 0 Å². The van der Waals surface area contributed by atoms with Crippen molar-refractivity contribution in [3.8, 4) is 22.5 Å². The lowest BCUT2D eigenvalue weighted by Crippen LogP contribution is -2.18. The molecule has 0 bridgehead atoms. The highest BCUT2D eigenvalue weighted by molar-refractivity contribution is 5.80. The van der Waals surface area contributed by atoms with Crippen molar-refractivity contribution < 1.29 is 9.90 Å². The van der Waals surface area contributed by atoms with Gasteiger partial charge in [0.25, 0.3) is 0 Å². The van der Waals surface area contributed by atoms with Crippen LogP contribution in [0.1, 0.15) is 87.8 Å². The van der Waals surface area contributed by atoms with Gasteiger partial charge in [0.15, 0.2) is 11.6 Å². The van der Waals surface area contributed by atoms with Crippen molar-refractivity contribution in [3.05, 3.63) is 65.7 Å². The van der Waals surface area contributed by atoms with Gasteiger partial charge >= 0.3 is 5.97 Å². The van der Waals surface area contributed by atoms with Crippen LogP contribution in [-0.2, 0) is 17.8 Å². The summed E-state index contributed by atoms with van der Waals surface area (Å²) in [4.78, 5) is 16.0. The molecule has 1 aliphatic rings. The first-order valence-electron chi connectivity index (χ1n) is 14.2. The van der Waals surface area contributed by atoms with E-state index in [1.54, 1.807) is 0 Å². The molecule has 2 heterocycles. The van der Waals surface area contributed by atoms with E-state index in [1.807, 2.05) is 18.2 Å². The number of tetrazole rings is 1. The normalized spacial score (nSPS) is 17.4. The first kappa shape index (κ1) is 26.7. The van der Waals surface area contributed by atoms with Crippen molar-refractivity contribution in [1.82, 2.24) is 35.4 Å². The molecule has 0 spiro atoms. The molecule has 0 aliphatic heterocycles. The molecular formula is C30H37N7O2. The van der Waals surface area contributed by atoms with E-state index < -0.39 is 5.97 Å². The van der Waals surface area contributed by atoms with E-state index >= 15 is 0 Å². The predicted molar refractivity (Wildman–Crippen MR) is 149 cm³/mol. The molecule has 9 heteroatoms. The summed E-state index contributed by atoms with van der Waals surface area (Å²) in [6.07, 6.45) is 9.64. The third kappa shape index (κ3) is 6.77. The zero-order valence-electron chi connectivity index (χ0n) is 22.6. The van der Waals surface area contributed by atoms with Gasteiger partial charge in [-0.05, 0) is 71.6 Å². The quantitative estimate of drug-likeness (QED) is 0.215. The van der Waals surface area contributed by atoms with Crippen LogP contribution in [0.25, 0.3) is 22.5 Å². The number of benzene rings is 2. The average molecular weight is 528 g/mol. The minimum atomic E-state index is -0.696. The van der Waals surface area contributed by atoms with Crippen molar-refractivity contribution in [2.24, 2.45) is 5.92 Å². The summed E-state index contributed by atoms with van der Waals surface area (Å²) in [5, 5.41) is 28.4. The number of hydrogen-bond acceptors (Lipinski definition) is 6. The summed E-state index contributed by atoms with van der Waals surface area (Å²) in [5.41, 5.74) is 4.31. The van der Waals surface area contributed by atoms with Gasteiger partial charge in [0.2, 0.25) is 0 Å². The molecule has 39 heavy (non-hydrogen) atoms. The van der Waals surface area contributed by atoms with Gasteiger partial charge < -0.3 is 5.11 Å². The first-order chi connectivity index (χ1) is 19.1. The molecule has 9 nitrogen and oxygen atoms in total. The van der Waals surface area contributed by atoms with E-state index in [2.05, 4.69) is 62.6 Å². The average Bonchev–Trinajstić information content (AvgIpc) is 3.64. The third-order valence-electron chi connectivity index (χ3n) is 7.85. The Hall–Kier alpha value is -3.88. The van der Waals surface area contributed by atoms with Crippen LogP contribution in [0.4, 0.5) is 0 Å². The van der Waals surface area contributed by atoms with Gasteiger partial charge in [-0.15, -0.1) is 5.10 Å². The van der Waals surface area contributed by atoms with E-state index in [0.29, 0.717) is 24.2 Å². The number of H-pyrrole nitrogens is 1. The van der Waals surface area contributed by atoms with Crippen LogP contribution >= 0.6 is 0 Å². The Kier molecular flexibility index (Phi) is 8.75. The molecule has 1 aliphatic carbocycles. The smallest absolute Gasteiger partial charge is 0.303 e. The van der Waals surface area contributed by atoms with Gasteiger partial charge in [-0.2, -0.15) is 5.10 Å². The monoisotopic (exact) mass is 527 g/mol. The standard InChI is InChI=1S/C30H37N7O2/c1-2-3-4-9-27-31-30(24-17-10-21(11-18-24)14-19-28(38)39)37(34-27)20-22-12-15-23(16-13-22)25-7-5-6-8-26(25)29-32-35-36-33-29/h5-8,12-13,15-16,21,24H,2-4,9-11,14,17-20H2,1H3,(H,38,39)(H,32,33,35,36). The molecule has 1 saturated carbocycles. The van der Waals surface area contributed by atoms with E-state index in [1.165, 1.54) is 18.4 Å². The molecule has 2 aromatic carbocycles. The van der Waals surface area contributed by atoms with Crippen LogP contribution in [0.2, 0.25) is 0 Å². The molecule has 2 aromatic heterocycles. The van der Waals surface area contributed by atoms with Crippen molar-refractivity contribution in [3.63, 3.8) is 0 Å². The molecule has 0 saturated heterocycles. The van der Waals surface area contributed by atoms with Crippen LogP contribution in [0, 0.1) is 5.92 Å². The summed E-state index contributed by atoms with van der Waals surface area (Å²) in [6.45, 7) is 2.90. The van der Waals surface area contributed by atoms with Gasteiger partial charge in [0.05, 0.1) is 6.54 Å². The summed E-state index contributed by atoms with van der Waals surface area (Å²) >= 11 is 0. The zero-order valence-corrected chi connectivity index (χ0v) is 22.6. The second kappa shape index (κ2) is 12.8. The Labute approximate surface area is 229 Å². The second-order valence-corrected chi connectivity index (χ2v) is 10.6. The maximum Gasteiger partial charge on any atom is 0.303 e. The van der Waals surface area contributed by atoms with Crippen LogP contribution in [0.5, 0.6) is 0 Å². The minimum absolute atomic E-state index is 0.267. The Bertz CT molecular complexity index is 1340. The number of aromatic amines is 1. The van der Waals surface area contributed by atoms with Gasteiger partial charge in [-0.25, -0.2) is 14.8 Å². The molecule has 0 unspecified atom stereocenters. The van der Waals surface area contributed by atoms with Gasteiger partial charge in [-0.1, -0.05) is 68.3 Å². The van der Waals surface area contributed by atoms with Crippen LogP contribution < -0.4 is 0 Å². The van der Waals surface area contributed by atoms with Crippen molar-refractivity contribution in [2.45, 2.75) is 83.6 Å². The van der Waals surface area contributed by atoms with E-state index in [-0.39, 0.29) is 6.42 Å². The highest BCUT2D eigenvalue weighted by atomic mass is 16.4. The maximum absolute atomic E-state index is 11.0. The second-order valence-electron chi connectivity index (χ2n) is 10.6. The predicted octanol–water partition coefficient (Wildman–Crippen LogP) is 6.04. The number of aryl methyl sites for hydroxylation is 1. The van der Waals surface area contributed by atoms with Gasteiger partial charge in [-0.3, -0.25) is 4.79 Å². The molecule has 2 N–H and O–H groups in total. The lowest BCUT2D eigenvalue weighted by molar-refractivity contribution is -0.137. The number of hydrogen-bond donors (Lipinski definition) is 2.